The second-order valence-electron chi connectivity index (χ2n) is 2.02. The second-order valence-corrected chi connectivity index (χ2v) is 2.02. The number of benzene rings is 1. The van der Waals surface area contributed by atoms with Crippen molar-refractivity contribution in [1.29, 1.82) is 0 Å². The Bertz CT molecular complexity index is 275. The molecule has 58 valence electrons. The minimum absolute atomic E-state index is 0.0609. The molecule has 0 bridgehead atoms. The van der Waals surface area contributed by atoms with E-state index >= 15 is 0 Å². The molecule has 0 spiro atoms. The standard InChI is InChI=1S/C7H5F2NO/c8-5-1-4(3-11)2-6(9)7(5)10/h1-3H,10H2. The Balaban J connectivity index is 3.31. The van der Waals surface area contributed by atoms with Crippen molar-refractivity contribution in [3.8, 4) is 0 Å². The summed E-state index contributed by atoms with van der Waals surface area (Å²) in [4.78, 5) is 10.0. The van der Waals surface area contributed by atoms with Crippen molar-refractivity contribution in [3.63, 3.8) is 0 Å². The van der Waals surface area contributed by atoms with Crippen LogP contribution in [-0.2, 0) is 0 Å². The lowest BCUT2D eigenvalue weighted by Crippen LogP contribution is -1.96. The first-order chi connectivity index (χ1) is 5.15. The Kier molecular flexibility index (Phi) is 1.85. The van der Waals surface area contributed by atoms with Gasteiger partial charge in [0.2, 0.25) is 0 Å². The molecule has 0 aromatic heterocycles. The van der Waals surface area contributed by atoms with Gasteiger partial charge in [-0.25, -0.2) is 8.78 Å². The highest BCUT2D eigenvalue weighted by Crippen LogP contribution is 2.15. The zero-order chi connectivity index (χ0) is 8.43. The van der Waals surface area contributed by atoms with Gasteiger partial charge in [-0.3, -0.25) is 4.79 Å². The molecule has 0 amide bonds. The van der Waals surface area contributed by atoms with Crippen LogP contribution in [-0.4, -0.2) is 6.29 Å². The van der Waals surface area contributed by atoms with Crippen LogP contribution >= 0.6 is 0 Å². The summed E-state index contributed by atoms with van der Waals surface area (Å²) < 4.78 is 25.0. The fourth-order valence-corrected chi connectivity index (χ4v) is 0.672. The van der Waals surface area contributed by atoms with Crippen molar-refractivity contribution in [2.75, 3.05) is 5.73 Å². The Morgan fingerprint density at radius 3 is 2.09 bits per heavy atom. The first-order valence-corrected chi connectivity index (χ1v) is 2.85. The molecule has 0 aliphatic carbocycles. The van der Waals surface area contributed by atoms with Gasteiger partial charge in [0, 0.05) is 5.56 Å². The molecule has 0 radical (unpaired) electrons. The molecule has 0 saturated heterocycles. The minimum atomic E-state index is -0.910. The van der Waals surface area contributed by atoms with Crippen LogP contribution in [0.4, 0.5) is 14.5 Å². The number of carbonyl (C=O) groups is 1. The molecule has 1 aromatic rings. The average molecular weight is 157 g/mol. The van der Waals surface area contributed by atoms with Gasteiger partial charge in [0.15, 0.2) is 0 Å². The number of hydrogen-bond donors (Lipinski definition) is 1. The van der Waals surface area contributed by atoms with Crippen LogP contribution in [0.25, 0.3) is 0 Å². The van der Waals surface area contributed by atoms with E-state index in [-0.39, 0.29) is 5.56 Å². The lowest BCUT2D eigenvalue weighted by molar-refractivity contribution is 0.112. The highest BCUT2D eigenvalue weighted by molar-refractivity contribution is 5.75. The topological polar surface area (TPSA) is 43.1 Å². The molecule has 0 heterocycles. The fraction of sp³-hybridized carbons (Fsp3) is 0. The monoisotopic (exact) mass is 157 g/mol. The maximum atomic E-state index is 12.5. The maximum Gasteiger partial charge on any atom is 0.150 e. The number of nitrogen functional groups attached to an aromatic ring is 1. The molecule has 0 atom stereocenters. The number of aldehydes is 1. The van der Waals surface area contributed by atoms with Gasteiger partial charge >= 0.3 is 0 Å². The van der Waals surface area contributed by atoms with E-state index in [1.807, 2.05) is 0 Å². The summed E-state index contributed by atoms with van der Waals surface area (Å²) >= 11 is 0. The number of nitrogens with two attached hydrogens (primary N) is 1. The van der Waals surface area contributed by atoms with Crippen LogP contribution in [0.15, 0.2) is 12.1 Å². The summed E-state index contributed by atoms with van der Waals surface area (Å²) in [5.41, 5.74) is 4.32. The van der Waals surface area contributed by atoms with Crippen molar-refractivity contribution in [3.05, 3.63) is 29.3 Å². The molecular weight excluding hydrogens is 152 g/mol. The summed E-state index contributed by atoms with van der Waals surface area (Å²) in [5, 5.41) is 0. The molecular formula is C7H5F2NO. The lowest BCUT2D eigenvalue weighted by atomic mass is 10.2. The summed E-state index contributed by atoms with van der Waals surface area (Å²) in [6.45, 7) is 0. The zero-order valence-corrected chi connectivity index (χ0v) is 5.47. The molecule has 0 unspecified atom stereocenters. The van der Waals surface area contributed by atoms with Gasteiger partial charge in [0.25, 0.3) is 0 Å². The van der Waals surface area contributed by atoms with Gasteiger partial charge in [-0.05, 0) is 12.1 Å². The van der Waals surface area contributed by atoms with E-state index in [1.165, 1.54) is 0 Å². The first-order valence-electron chi connectivity index (χ1n) is 2.85. The molecule has 0 fully saturated rings. The third kappa shape index (κ3) is 1.34. The van der Waals surface area contributed by atoms with Gasteiger partial charge in [-0.15, -0.1) is 0 Å². The number of carbonyl (C=O) groups excluding carboxylic acids is 1. The van der Waals surface area contributed by atoms with Gasteiger partial charge in [0.1, 0.15) is 23.6 Å². The van der Waals surface area contributed by atoms with E-state index in [9.17, 15) is 13.6 Å². The highest BCUT2D eigenvalue weighted by atomic mass is 19.1. The maximum absolute atomic E-state index is 12.5. The molecule has 2 nitrogen and oxygen atoms in total. The Labute approximate surface area is 61.6 Å². The molecule has 2 N–H and O–H groups in total. The van der Waals surface area contributed by atoms with Crippen LogP contribution in [0.3, 0.4) is 0 Å². The van der Waals surface area contributed by atoms with Crippen molar-refractivity contribution >= 4 is 12.0 Å². The molecule has 0 saturated carbocycles. The Morgan fingerprint density at radius 1 is 1.27 bits per heavy atom. The molecule has 0 aliphatic heterocycles. The third-order valence-corrected chi connectivity index (χ3v) is 1.24. The predicted octanol–water partition coefficient (Wildman–Crippen LogP) is 1.36. The summed E-state index contributed by atoms with van der Waals surface area (Å²) in [6, 6.07) is 1.76. The van der Waals surface area contributed by atoms with E-state index in [0.717, 1.165) is 12.1 Å². The largest absolute Gasteiger partial charge is 0.394 e. The second kappa shape index (κ2) is 2.65. The van der Waals surface area contributed by atoms with Crippen molar-refractivity contribution in [2.45, 2.75) is 0 Å². The SMILES string of the molecule is Nc1c(F)cc(C=O)cc1F. The van der Waals surface area contributed by atoms with E-state index in [0.29, 0.717) is 6.29 Å². The minimum Gasteiger partial charge on any atom is -0.394 e. The number of halogens is 2. The summed E-state index contributed by atoms with van der Waals surface area (Å²) in [7, 11) is 0. The smallest absolute Gasteiger partial charge is 0.150 e. The first kappa shape index (κ1) is 7.65. The zero-order valence-electron chi connectivity index (χ0n) is 5.47. The number of rotatable bonds is 1. The van der Waals surface area contributed by atoms with Crippen LogP contribution in [0, 0.1) is 11.6 Å². The van der Waals surface area contributed by atoms with E-state index in [4.69, 9.17) is 5.73 Å². The third-order valence-electron chi connectivity index (χ3n) is 1.24. The van der Waals surface area contributed by atoms with E-state index < -0.39 is 17.3 Å². The van der Waals surface area contributed by atoms with Crippen molar-refractivity contribution in [2.24, 2.45) is 0 Å². The quantitative estimate of drug-likeness (QED) is 0.494. The summed E-state index contributed by atoms with van der Waals surface area (Å²) in [5.74, 6) is -1.82. The molecule has 1 rings (SSSR count). The van der Waals surface area contributed by atoms with Gasteiger partial charge in [-0.1, -0.05) is 0 Å². The lowest BCUT2D eigenvalue weighted by Gasteiger charge is -1.97. The van der Waals surface area contributed by atoms with Gasteiger partial charge in [0.05, 0.1) is 0 Å². The Morgan fingerprint density at radius 2 is 1.73 bits per heavy atom. The van der Waals surface area contributed by atoms with Crippen molar-refractivity contribution in [1.82, 2.24) is 0 Å². The average Bonchev–Trinajstić information content (AvgIpc) is 1.99. The number of hydrogen-bond acceptors (Lipinski definition) is 2. The van der Waals surface area contributed by atoms with Crippen LogP contribution < -0.4 is 5.73 Å². The fourth-order valence-electron chi connectivity index (χ4n) is 0.672. The van der Waals surface area contributed by atoms with E-state index in [2.05, 4.69) is 0 Å². The molecule has 11 heavy (non-hydrogen) atoms. The van der Waals surface area contributed by atoms with Crippen LogP contribution in [0.1, 0.15) is 10.4 Å². The van der Waals surface area contributed by atoms with Crippen molar-refractivity contribution < 1.29 is 13.6 Å². The Hall–Kier alpha value is -1.45. The molecule has 4 heteroatoms. The molecule has 1 aromatic carbocycles. The highest BCUT2D eigenvalue weighted by Gasteiger charge is 2.06. The van der Waals surface area contributed by atoms with Crippen LogP contribution in [0.2, 0.25) is 0 Å². The number of anilines is 1. The van der Waals surface area contributed by atoms with Gasteiger partial charge in [-0.2, -0.15) is 0 Å². The molecule has 0 aliphatic rings. The van der Waals surface area contributed by atoms with E-state index in [1.54, 1.807) is 0 Å². The van der Waals surface area contributed by atoms with Gasteiger partial charge < -0.3 is 5.73 Å². The predicted molar refractivity (Wildman–Crippen MR) is 36.2 cm³/mol. The van der Waals surface area contributed by atoms with Crippen LogP contribution in [0.5, 0.6) is 0 Å². The summed E-state index contributed by atoms with van der Waals surface area (Å²) in [6.07, 6.45) is 0.353. The normalized spacial score (nSPS) is 9.64.